The lowest BCUT2D eigenvalue weighted by Crippen LogP contribution is -2.36. The second kappa shape index (κ2) is 7.14. The zero-order chi connectivity index (χ0) is 16.4. The van der Waals surface area contributed by atoms with Gasteiger partial charge in [0.2, 0.25) is 5.91 Å². The Morgan fingerprint density at radius 2 is 2.21 bits per heavy atom. The number of ether oxygens (including phenoxy) is 1. The fourth-order valence-electron chi connectivity index (χ4n) is 4.92. The third-order valence-corrected chi connectivity index (χ3v) is 6.90. The van der Waals surface area contributed by atoms with Crippen molar-refractivity contribution in [1.29, 1.82) is 0 Å². The Hall–Kier alpha value is -0.910. The largest absolute Gasteiger partial charge is 0.371 e. The van der Waals surface area contributed by atoms with Crippen molar-refractivity contribution in [3.05, 3.63) is 22.4 Å². The third-order valence-electron chi connectivity index (χ3n) is 6.17. The Labute approximate surface area is 148 Å². The van der Waals surface area contributed by atoms with E-state index in [4.69, 9.17) is 4.74 Å². The third kappa shape index (κ3) is 3.39. The van der Waals surface area contributed by atoms with E-state index in [1.807, 2.05) is 4.90 Å². The first-order valence-corrected chi connectivity index (χ1v) is 10.3. The molecule has 5 heteroatoms. The first-order valence-electron chi connectivity index (χ1n) is 9.34. The van der Waals surface area contributed by atoms with E-state index in [9.17, 15) is 4.79 Å². The van der Waals surface area contributed by atoms with Gasteiger partial charge in [-0.3, -0.25) is 9.69 Å². The van der Waals surface area contributed by atoms with Crippen molar-refractivity contribution >= 4 is 17.2 Å². The van der Waals surface area contributed by atoms with Gasteiger partial charge in [-0.25, -0.2) is 0 Å². The summed E-state index contributed by atoms with van der Waals surface area (Å²) < 4.78 is 5.96. The first kappa shape index (κ1) is 16.6. The van der Waals surface area contributed by atoms with Crippen LogP contribution in [0.3, 0.4) is 0 Å². The molecule has 0 radical (unpaired) electrons. The smallest absolute Gasteiger partial charge is 0.248 e. The minimum absolute atomic E-state index is 0.187. The summed E-state index contributed by atoms with van der Waals surface area (Å²) in [6.07, 6.45) is 6.20. The maximum Gasteiger partial charge on any atom is 0.248 e. The predicted octanol–water partition coefficient (Wildman–Crippen LogP) is 2.99. The lowest BCUT2D eigenvalue weighted by Gasteiger charge is -2.29. The van der Waals surface area contributed by atoms with E-state index < -0.39 is 0 Å². The molecule has 24 heavy (non-hydrogen) atoms. The fraction of sp³-hybridized carbons (Fsp3) is 0.737. The van der Waals surface area contributed by atoms with Gasteiger partial charge in [0.1, 0.15) is 6.61 Å². The molecule has 1 aromatic heterocycles. The van der Waals surface area contributed by atoms with Crippen molar-refractivity contribution in [2.45, 2.75) is 38.6 Å². The summed E-state index contributed by atoms with van der Waals surface area (Å²) in [5.74, 6) is 0.935. The molecule has 3 fully saturated rings. The molecular formula is C19H28N2O2S. The average molecular weight is 349 g/mol. The molecule has 1 aliphatic carbocycles. The summed E-state index contributed by atoms with van der Waals surface area (Å²) in [5.41, 5.74) is 1.72. The molecule has 132 valence electrons. The molecule has 4 nitrogen and oxygen atoms in total. The van der Waals surface area contributed by atoms with Crippen molar-refractivity contribution in [3.8, 4) is 0 Å². The highest BCUT2D eigenvalue weighted by atomic mass is 32.1. The second-order valence-corrected chi connectivity index (χ2v) is 8.61. The molecule has 0 spiro atoms. The zero-order valence-corrected chi connectivity index (χ0v) is 15.2. The Kier molecular flexibility index (Phi) is 4.93. The van der Waals surface area contributed by atoms with Crippen molar-refractivity contribution in [3.63, 3.8) is 0 Å². The summed E-state index contributed by atoms with van der Waals surface area (Å²) in [4.78, 5) is 16.7. The van der Waals surface area contributed by atoms with Crippen LogP contribution in [0.25, 0.3) is 0 Å². The molecule has 1 amide bonds. The van der Waals surface area contributed by atoms with E-state index in [0.29, 0.717) is 5.41 Å². The van der Waals surface area contributed by atoms with Crippen LogP contribution >= 0.6 is 11.3 Å². The number of rotatable bonds is 6. The number of thiophene rings is 1. The first-order chi connectivity index (χ1) is 11.8. The van der Waals surface area contributed by atoms with Gasteiger partial charge in [-0.2, -0.15) is 11.3 Å². The quantitative estimate of drug-likeness (QED) is 0.792. The number of nitrogens with zero attached hydrogens (tertiary/aromatic N) is 2. The predicted molar refractivity (Wildman–Crippen MR) is 96.0 cm³/mol. The second-order valence-electron chi connectivity index (χ2n) is 7.83. The van der Waals surface area contributed by atoms with Crippen LogP contribution in [0.1, 0.15) is 37.7 Å². The number of carbonyl (C=O) groups excluding carboxylic acids is 1. The Balaban J connectivity index is 1.30. The number of likely N-dealkylation sites (tertiary alicyclic amines) is 2. The SMILES string of the molecule is O=C(COC[C@]12CCC[C@H]1CN(Cc1ccsc1)C2)N1CCCC1. The maximum atomic E-state index is 12.2. The van der Waals surface area contributed by atoms with Crippen LogP contribution in [0.15, 0.2) is 16.8 Å². The summed E-state index contributed by atoms with van der Waals surface area (Å²) >= 11 is 1.78. The van der Waals surface area contributed by atoms with Gasteiger partial charge in [0, 0.05) is 38.1 Å². The highest BCUT2D eigenvalue weighted by Crippen LogP contribution is 2.49. The standard InChI is InChI=1S/C19H28N2O2S/c22-18(21-7-1-2-8-21)12-23-15-19-6-3-4-17(19)11-20(14-19)10-16-5-9-24-13-16/h5,9,13,17H,1-4,6-8,10-12,14-15H2/t17-,19+/m0/s1. The summed E-state index contributed by atoms with van der Waals surface area (Å²) in [5, 5.41) is 4.42. The van der Waals surface area contributed by atoms with Gasteiger partial charge in [-0.1, -0.05) is 6.42 Å². The molecule has 2 aliphatic heterocycles. The Bertz CT molecular complexity index is 556. The van der Waals surface area contributed by atoms with Crippen LogP contribution in [0.4, 0.5) is 0 Å². The minimum Gasteiger partial charge on any atom is -0.371 e. The van der Waals surface area contributed by atoms with Crippen molar-refractivity contribution in [2.75, 3.05) is 39.4 Å². The summed E-state index contributed by atoms with van der Waals surface area (Å²) in [6, 6.07) is 2.23. The average Bonchev–Trinajstić information content (AvgIpc) is 3.32. The fourth-order valence-corrected chi connectivity index (χ4v) is 5.58. The molecule has 0 aromatic carbocycles. The minimum atomic E-state index is 0.187. The van der Waals surface area contributed by atoms with Crippen LogP contribution in [-0.4, -0.2) is 55.1 Å². The van der Waals surface area contributed by atoms with Crippen LogP contribution in [0, 0.1) is 11.3 Å². The number of hydrogen-bond donors (Lipinski definition) is 0. The highest BCUT2D eigenvalue weighted by Gasteiger charge is 2.49. The van der Waals surface area contributed by atoms with Gasteiger partial charge in [-0.15, -0.1) is 0 Å². The van der Waals surface area contributed by atoms with E-state index >= 15 is 0 Å². The van der Waals surface area contributed by atoms with Crippen LogP contribution in [0.2, 0.25) is 0 Å². The van der Waals surface area contributed by atoms with Gasteiger partial charge >= 0.3 is 0 Å². The van der Waals surface area contributed by atoms with Crippen molar-refractivity contribution < 1.29 is 9.53 Å². The van der Waals surface area contributed by atoms with Gasteiger partial charge in [0.15, 0.2) is 0 Å². The van der Waals surface area contributed by atoms with Crippen LogP contribution in [-0.2, 0) is 16.1 Å². The van der Waals surface area contributed by atoms with Gasteiger partial charge < -0.3 is 9.64 Å². The molecule has 2 atom stereocenters. The number of hydrogen-bond acceptors (Lipinski definition) is 4. The lowest BCUT2D eigenvalue weighted by atomic mass is 9.81. The molecule has 4 rings (SSSR count). The number of carbonyl (C=O) groups is 1. The molecule has 2 saturated heterocycles. The van der Waals surface area contributed by atoms with Crippen LogP contribution in [0.5, 0.6) is 0 Å². The molecular weight excluding hydrogens is 320 g/mol. The van der Waals surface area contributed by atoms with Crippen LogP contribution < -0.4 is 0 Å². The van der Waals surface area contributed by atoms with Gasteiger partial charge in [0.05, 0.1) is 6.61 Å². The monoisotopic (exact) mass is 348 g/mol. The molecule has 0 unspecified atom stereocenters. The number of fused-ring (bicyclic) bond motifs is 1. The molecule has 0 N–H and O–H groups in total. The highest BCUT2D eigenvalue weighted by molar-refractivity contribution is 7.07. The maximum absolute atomic E-state index is 12.2. The van der Waals surface area contributed by atoms with E-state index in [1.54, 1.807) is 11.3 Å². The normalized spacial score (nSPS) is 30.2. The van der Waals surface area contributed by atoms with Gasteiger partial charge in [0.25, 0.3) is 0 Å². The van der Waals surface area contributed by atoms with E-state index in [-0.39, 0.29) is 12.5 Å². The zero-order valence-electron chi connectivity index (χ0n) is 14.4. The molecule has 1 saturated carbocycles. The van der Waals surface area contributed by atoms with Gasteiger partial charge in [-0.05, 0) is 54.0 Å². The van der Waals surface area contributed by atoms with E-state index in [2.05, 4.69) is 21.7 Å². The number of amides is 1. The van der Waals surface area contributed by atoms with Crippen molar-refractivity contribution in [1.82, 2.24) is 9.80 Å². The Morgan fingerprint density at radius 3 is 3.00 bits per heavy atom. The van der Waals surface area contributed by atoms with E-state index in [1.165, 1.54) is 31.4 Å². The molecule has 3 aliphatic rings. The van der Waals surface area contributed by atoms with E-state index in [0.717, 1.165) is 51.5 Å². The lowest BCUT2D eigenvalue weighted by molar-refractivity contribution is -0.136. The molecule has 0 bridgehead atoms. The van der Waals surface area contributed by atoms with Crippen molar-refractivity contribution in [2.24, 2.45) is 11.3 Å². The Morgan fingerprint density at radius 1 is 1.33 bits per heavy atom. The topological polar surface area (TPSA) is 32.8 Å². The molecule has 1 aromatic rings. The summed E-state index contributed by atoms with van der Waals surface area (Å²) in [7, 11) is 0. The molecule has 3 heterocycles. The summed E-state index contributed by atoms with van der Waals surface area (Å²) in [6.45, 7) is 6.27.